The molecule has 0 radical (unpaired) electrons. The molecular formula is C2H4O6P3+. The van der Waals surface area contributed by atoms with E-state index in [1.54, 1.807) is 9.24 Å². The molecule has 0 fully saturated rings. The van der Waals surface area contributed by atoms with Crippen LogP contribution in [0.5, 0.6) is 0 Å². The van der Waals surface area contributed by atoms with Crippen LogP contribution in [0, 0.1) is 0 Å². The van der Waals surface area contributed by atoms with Gasteiger partial charge >= 0.3 is 19.7 Å². The van der Waals surface area contributed by atoms with Gasteiger partial charge in [0.2, 0.25) is 0 Å². The lowest BCUT2D eigenvalue weighted by Gasteiger charge is -1.82. The summed E-state index contributed by atoms with van der Waals surface area (Å²) in [7, 11) is -2.02. The van der Waals surface area contributed by atoms with Gasteiger partial charge in [-0.2, -0.15) is 4.52 Å². The molecule has 0 saturated carbocycles. The second-order valence-electron chi connectivity index (χ2n) is 1.13. The third-order valence-electron chi connectivity index (χ3n) is 0.372. The summed E-state index contributed by atoms with van der Waals surface area (Å²) < 4.78 is 18.4. The van der Waals surface area contributed by atoms with Crippen molar-refractivity contribution in [2.45, 2.75) is 0 Å². The Hall–Kier alpha value is -0.140. The summed E-state index contributed by atoms with van der Waals surface area (Å²) in [4.78, 5) is 19.8. The van der Waals surface area contributed by atoms with E-state index in [0.717, 1.165) is 0 Å². The first-order valence-electron chi connectivity index (χ1n) is 2.13. The Labute approximate surface area is 66.7 Å². The molecule has 0 amide bonds. The number of hydrogen-bond donors (Lipinski definition) is 1. The maximum absolute atomic E-state index is 10.4. The lowest BCUT2D eigenvalue weighted by atomic mass is 11.6. The normalized spacial score (nSPS) is 11.5. The molecule has 0 saturated heterocycles. The standard InChI is InChI=1S/C2H3O6P3/c3-1(4)10-8-11(6)7-2(5)9/h10H,9H2/p+1. The van der Waals surface area contributed by atoms with E-state index < -0.39 is 28.5 Å². The summed E-state index contributed by atoms with van der Waals surface area (Å²) in [5.74, 6) is 0. The van der Waals surface area contributed by atoms with Crippen molar-refractivity contribution in [3.8, 4) is 0 Å². The van der Waals surface area contributed by atoms with Crippen molar-refractivity contribution in [1.29, 1.82) is 0 Å². The van der Waals surface area contributed by atoms with E-state index in [9.17, 15) is 14.2 Å². The van der Waals surface area contributed by atoms with Gasteiger partial charge in [0, 0.05) is 4.57 Å². The average Bonchev–Trinajstić information content (AvgIpc) is 1.82. The molecule has 0 aromatic carbocycles. The van der Waals surface area contributed by atoms with Crippen LogP contribution < -0.4 is 0 Å². The van der Waals surface area contributed by atoms with Crippen LogP contribution in [0.15, 0.2) is 0 Å². The van der Waals surface area contributed by atoms with E-state index in [1.165, 1.54) is 0 Å². The maximum atomic E-state index is 10.4. The Kier molecular flexibility index (Phi) is 5.43. The summed E-state index contributed by atoms with van der Waals surface area (Å²) in [5.41, 5.74) is -2.12. The molecule has 0 rings (SSSR count). The highest BCUT2D eigenvalue weighted by atomic mass is 31.2. The minimum Gasteiger partial charge on any atom is -0.476 e. The van der Waals surface area contributed by atoms with Crippen molar-refractivity contribution in [3.63, 3.8) is 0 Å². The predicted octanol–water partition coefficient (Wildman–Crippen LogP) is 1.94. The molecule has 0 aliphatic carbocycles. The molecule has 0 aromatic rings. The third-order valence-corrected chi connectivity index (χ3v) is 2.15. The summed E-state index contributed by atoms with van der Waals surface area (Å²) in [5, 5.41) is 8.01. The zero-order valence-corrected chi connectivity index (χ0v) is 8.06. The van der Waals surface area contributed by atoms with Gasteiger partial charge in [0.05, 0.1) is 0 Å². The predicted molar refractivity (Wildman–Crippen MR) is 41.2 cm³/mol. The van der Waals surface area contributed by atoms with E-state index in [-0.39, 0.29) is 0 Å². The second-order valence-corrected chi connectivity index (χ2v) is 3.60. The van der Waals surface area contributed by atoms with Crippen LogP contribution in [0.4, 0.5) is 9.59 Å². The summed E-state index contributed by atoms with van der Waals surface area (Å²) in [6.45, 7) is 0. The highest BCUT2D eigenvalue weighted by Crippen LogP contribution is 2.35. The minimum atomic E-state index is -2.64. The van der Waals surface area contributed by atoms with E-state index >= 15 is 0 Å². The first-order chi connectivity index (χ1) is 5.02. The first kappa shape index (κ1) is 10.9. The number of hydrogen-bond acceptors (Lipinski definition) is 5. The first-order valence-corrected chi connectivity index (χ1v) is 4.71. The number of carboxylic acid groups (broad SMARTS) is 1. The van der Waals surface area contributed by atoms with Crippen LogP contribution in [0.1, 0.15) is 0 Å². The van der Waals surface area contributed by atoms with Crippen LogP contribution in [0.25, 0.3) is 0 Å². The van der Waals surface area contributed by atoms with Crippen molar-refractivity contribution in [2.24, 2.45) is 0 Å². The largest absolute Gasteiger partial charge is 0.757 e. The van der Waals surface area contributed by atoms with Gasteiger partial charge in [0.25, 0.3) is 0 Å². The molecule has 62 valence electrons. The number of carbonyl (C=O) groups excluding carboxylic acids is 1. The van der Waals surface area contributed by atoms with Crippen LogP contribution in [-0.4, -0.2) is 16.5 Å². The molecule has 6 nitrogen and oxygen atoms in total. The summed E-state index contributed by atoms with van der Waals surface area (Å²) >= 11 is 0. The van der Waals surface area contributed by atoms with Crippen LogP contribution in [-0.2, 0) is 13.4 Å². The molecule has 0 aliphatic rings. The zero-order valence-electron chi connectivity index (χ0n) is 5.01. The molecule has 1 N–H and O–H groups in total. The van der Waals surface area contributed by atoms with Crippen molar-refractivity contribution < 1.29 is 28.1 Å². The topological polar surface area (TPSA) is 89.9 Å². The Balaban J connectivity index is 3.53. The molecule has 0 aromatic heterocycles. The molecule has 0 spiro atoms. The van der Waals surface area contributed by atoms with Crippen LogP contribution in [0.3, 0.4) is 0 Å². The summed E-state index contributed by atoms with van der Waals surface area (Å²) in [6.07, 6.45) is 0. The highest BCUT2D eigenvalue weighted by molar-refractivity contribution is 7.59. The fourth-order valence-corrected chi connectivity index (χ4v) is 1.33. The fraction of sp³-hybridized carbons (Fsp3) is 0. The molecule has 0 bridgehead atoms. The quantitative estimate of drug-likeness (QED) is 0.723. The lowest BCUT2D eigenvalue weighted by Crippen LogP contribution is -1.83. The van der Waals surface area contributed by atoms with Crippen LogP contribution >= 0.6 is 26.3 Å². The Morgan fingerprint density at radius 2 is 2.09 bits per heavy atom. The van der Waals surface area contributed by atoms with Crippen molar-refractivity contribution in [2.75, 3.05) is 0 Å². The van der Waals surface area contributed by atoms with Gasteiger partial charge in [-0.15, -0.1) is 0 Å². The number of carbonyl (C=O) groups is 2. The Bertz CT molecular complexity index is 188. The molecular weight excluding hydrogens is 213 g/mol. The summed E-state index contributed by atoms with van der Waals surface area (Å²) in [6, 6.07) is 0. The Morgan fingerprint density at radius 3 is 2.45 bits per heavy atom. The van der Waals surface area contributed by atoms with Gasteiger partial charge in [0.15, 0.2) is 8.81 Å². The van der Waals surface area contributed by atoms with Gasteiger partial charge in [-0.3, -0.25) is 0 Å². The molecule has 11 heavy (non-hydrogen) atoms. The van der Waals surface area contributed by atoms with Crippen molar-refractivity contribution >= 4 is 37.7 Å². The number of rotatable bonds is 4. The minimum absolute atomic E-state index is 0.860. The van der Waals surface area contributed by atoms with Gasteiger partial charge in [0.1, 0.15) is 0 Å². The van der Waals surface area contributed by atoms with E-state index in [0.29, 0.717) is 0 Å². The maximum Gasteiger partial charge on any atom is 0.757 e. The van der Waals surface area contributed by atoms with E-state index in [4.69, 9.17) is 5.11 Å². The van der Waals surface area contributed by atoms with Crippen LogP contribution in [0.2, 0.25) is 0 Å². The molecule has 9 heteroatoms. The highest BCUT2D eigenvalue weighted by Gasteiger charge is 2.25. The van der Waals surface area contributed by atoms with Gasteiger partial charge in [-0.25, -0.2) is 9.59 Å². The van der Waals surface area contributed by atoms with Crippen molar-refractivity contribution in [1.82, 2.24) is 0 Å². The average molecular weight is 217 g/mol. The van der Waals surface area contributed by atoms with Crippen molar-refractivity contribution in [3.05, 3.63) is 0 Å². The van der Waals surface area contributed by atoms with E-state index in [2.05, 4.69) is 8.83 Å². The lowest BCUT2D eigenvalue weighted by molar-refractivity contribution is 0.217. The van der Waals surface area contributed by atoms with Gasteiger partial charge in [-0.05, 0) is 9.24 Å². The molecule has 0 aliphatic heterocycles. The fourth-order valence-electron chi connectivity index (χ4n) is 0.168. The third kappa shape index (κ3) is 7.76. The van der Waals surface area contributed by atoms with E-state index in [1.807, 2.05) is 0 Å². The van der Waals surface area contributed by atoms with Gasteiger partial charge < -0.3 is 5.11 Å². The monoisotopic (exact) mass is 217 g/mol. The SMILES string of the molecule is O=C(P)O[P+](=O)OPC(=O)O. The molecule has 0 heterocycles. The second kappa shape index (κ2) is 5.50. The van der Waals surface area contributed by atoms with Gasteiger partial charge in [-0.1, -0.05) is 4.31 Å². The Morgan fingerprint density at radius 1 is 1.55 bits per heavy atom. The smallest absolute Gasteiger partial charge is 0.476 e. The molecule has 3 unspecified atom stereocenters. The molecule has 3 atom stereocenters. The zero-order chi connectivity index (χ0) is 8.85.